The van der Waals surface area contributed by atoms with Crippen LogP contribution in [0.4, 0.5) is 0 Å². The number of furan rings is 1. The van der Waals surface area contributed by atoms with Gasteiger partial charge in [-0.2, -0.15) is 0 Å². The Morgan fingerprint density at radius 2 is 1.56 bits per heavy atom. The van der Waals surface area contributed by atoms with Crippen molar-refractivity contribution >= 4 is 38.5 Å². The molecule has 2 atom stereocenters. The number of benzene rings is 4. The first-order chi connectivity index (χ1) is 20.0. The van der Waals surface area contributed by atoms with Gasteiger partial charge in [-0.15, -0.1) is 0 Å². The minimum atomic E-state index is 0.228. The fraction of sp³-hybridized carbons (Fsp3) is 0.237. The second-order valence-corrected chi connectivity index (χ2v) is 12.4. The van der Waals surface area contributed by atoms with Gasteiger partial charge in [0.25, 0.3) is 5.82 Å². The molecule has 0 amide bonds. The molecule has 3 heterocycles. The average Bonchev–Trinajstić information content (AvgIpc) is 3.64. The summed E-state index contributed by atoms with van der Waals surface area (Å²) in [4.78, 5) is 0. The van der Waals surface area contributed by atoms with E-state index in [0.29, 0.717) is 17.8 Å². The number of para-hydroxylation sites is 3. The smallest absolute Gasteiger partial charge is 0.291 e. The lowest BCUT2D eigenvalue weighted by atomic mass is 9.74. The van der Waals surface area contributed by atoms with Crippen LogP contribution in [0, 0.1) is 17.8 Å². The fourth-order valence-electron chi connectivity index (χ4n) is 7.32. The summed E-state index contributed by atoms with van der Waals surface area (Å²) in [6.45, 7) is 10.3. The Hall–Kier alpha value is -4.37. The SMILES string of the molecule is CC(C)C1=CC(c2ccccc2)=CC(C(C)C)C1n1c2[n+](c3ccccc31)Cc1cc3oc4ccccc4c3cc1-2. The van der Waals surface area contributed by atoms with Crippen LogP contribution >= 0.6 is 0 Å². The Kier molecular flexibility index (Phi) is 5.41. The molecule has 6 aromatic rings. The van der Waals surface area contributed by atoms with E-state index in [9.17, 15) is 0 Å². The molecule has 0 bridgehead atoms. The molecule has 0 spiro atoms. The van der Waals surface area contributed by atoms with Crippen molar-refractivity contribution in [3.63, 3.8) is 0 Å². The topological polar surface area (TPSA) is 21.9 Å². The standard InChI is InChI=1S/C38H35N2O/c1-23(2)29-18-26(25-12-6-5-7-13-25)19-30(24(3)4)37(29)40-34-16-10-9-15-33(34)39-22-27-20-36-32(21-31(27)38(39)40)28-14-8-11-17-35(28)41-36/h5-21,23-24,29,37H,22H2,1-4H3/q+1. The molecule has 8 rings (SSSR count). The fourth-order valence-corrected chi connectivity index (χ4v) is 7.32. The Labute approximate surface area is 241 Å². The number of nitrogens with zero attached hydrogens (tertiary/aromatic N) is 2. The van der Waals surface area contributed by atoms with Gasteiger partial charge in [0, 0.05) is 22.3 Å². The highest BCUT2D eigenvalue weighted by atomic mass is 16.3. The number of aromatic nitrogens is 2. The average molecular weight is 536 g/mol. The largest absolute Gasteiger partial charge is 0.456 e. The van der Waals surface area contributed by atoms with Crippen LogP contribution in [0.15, 0.2) is 113 Å². The lowest BCUT2D eigenvalue weighted by Crippen LogP contribution is -2.34. The Bertz CT molecular complexity index is 2030. The van der Waals surface area contributed by atoms with Gasteiger partial charge in [0.05, 0.1) is 5.56 Å². The molecule has 2 unspecified atom stereocenters. The van der Waals surface area contributed by atoms with Crippen LogP contribution in [0.3, 0.4) is 0 Å². The summed E-state index contributed by atoms with van der Waals surface area (Å²) in [5, 5.41) is 2.38. The van der Waals surface area contributed by atoms with Crippen molar-refractivity contribution in [3.8, 4) is 11.4 Å². The zero-order chi connectivity index (χ0) is 27.8. The number of rotatable bonds is 4. The van der Waals surface area contributed by atoms with E-state index in [1.54, 1.807) is 0 Å². The van der Waals surface area contributed by atoms with E-state index in [1.807, 2.05) is 0 Å². The first-order valence-electron chi connectivity index (χ1n) is 15.0. The second-order valence-electron chi connectivity index (χ2n) is 12.4. The summed E-state index contributed by atoms with van der Waals surface area (Å²) < 4.78 is 11.5. The van der Waals surface area contributed by atoms with E-state index < -0.39 is 0 Å². The highest BCUT2D eigenvalue weighted by Gasteiger charge is 2.43. The van der Waals surface area contributed by atoms with Crippen LogP contribution in [0.1, 0.15) is 44.9 Å². The number of fused-ring (bicyclic) bond motifs is 8. The van der Waals surface area contributed by atoms with E-state index in [2.05, 4.69) is 140 Å². The Balaban J connectivity index is 1.40. The second kappa shape index (κ2) is 9.07. The summed E-state index contributed by atoms with van der Waals surface area (Å²) in [6.07, 6.45) is 5.03. The zero-order valence-electron chi connectivity index (χ0n) is 24.1. The van der Waals surface area contributed by atoms with E-state index in [-0.39, 0.29) is 6.04 Å². The van der Waals surface area contributed by atoms with Crippen molar-refractivity contribution in [2.75, 3.05) is 0 Å². The van der Waals surface area contributed by atoms with Crippen molar-refractivity contribution in [2.45, 2.75) is 40.3 Å². The predicted molar refractivity (Wildman–Crippen MR) is 169 cm³/mol. The summed E-state index contributed by atoms with van der Waals surface area (Å²) in [5.74, 6) is 2.56. The summed E-state index contributed by atoms with van der Waals surface area (Å²) in [6, 6.07) is 33.2. The van der Waals surface area contributed by atoms with Gasteiger partial charge in [-0.25, -0.2) is 9.13 Å². The summed E-state index contributed by atoms with van der Waals surface area (Å²) in [7, 11) is 0. The maximum atomic E-state index is 6.31. The molecule has 2 aromatic heterocycles. The minimum absolute atomic E-state index is 0.228. The maximum Gasteiger partial charge on any atom is 0.291 e. The highest BCUT2D eigenvalue weighted by Crippen LogP contribution is 2.47. The molecule has 1 aliphatic carbocycles. The zero-order valence-corrected chi connectivity index (χ0v) is 24.1. The molecule has 41 heavy (non-hydrogen) atoms. The summed E-state index contributed by atoms with van der Waals surface area (Å²) in [5.41, 5.74) is 11.3. The van der Waals surface area contributed by atoms with E-state index in [1.165, 1.54) is 55.5 Å². The van der Waals surface area contributed by atoms with Gasteiger partial charge in [-0.1, -0.05) is 101 Å². The molecule has 0 N–H and O–H groups in total. The molecule has 2 aliphatic rings. The van der Waals surface area contributed by atoms with E-state index >= 15 is 0 Å². The molecule has 0 fully saturated rings. The molecular weight excluding hydrogens is 500 g/mol. The predicted octanol–water partition coefficient (Wildman–Crippen LogP) is 9.35. The van der Waals surface area contributed by atoms with Gasteiger partial charge < -0.3 is 4.42 Å². The molecule has 0 saturated heterocycles. The molecular formula is C38H35N2O+. The molecule has 3 nitrogen and oxygen atoms in total. The Morgan fingerprint density at radius 3 is 2.37 bits per heavy atom. The number of imidazole rings is 1. The highest BCUT2D eigenvalue weighted by molar-refractivity contribution is 6.06. The van der Waals surface area contributed by atoms with Crippen molar-refractivity contribution in [3.05, 3.63) is 120 Å². The maximum absolute atomic E-state index is 6.31. The number of hydrogen-bond donors (Lipinski definition) is 0. The van der Waals surface area contributed by atoms with Gasteiger partial charge in [0.15, 0.2) is 11.0 Å². The monoisotopic (exact) mass is 535 g/mol. The lowest BCUT2D eigenvalue weighted by Gasteiger charge is -2.34. The van der Waals surface area contributed by atoms with Crippen LogP contribution < -0.4 is 4.57 Å². The van der Waals surface area contributed by atoms with Crippen LogP contribution in [-0.2, 0) is 6.54 Å². The third kappa shape index (κ3) is 3.61. The molecule has 3 heteroatoms. The third-order valence-corrected chi connectivity index (χ3v) is 9.31. The Morgan fingerprint density at radius 1 is 0.805 bits per heavy atom. The number of hydrogen-bond acceptors (Lipinski definition) is 1. The first-order valence-corrected chi connectivity index (χ1v) is 15.0. The van der Waals surface area contributed by atoms with Crippen LogP contribution in [-0.4, -0.2) is 4.57 Å². The first kappa shape index (κ1) is 24.4. The van der Waals surface area contributed by atoms with Crippen molar-refractivity contribution < 1.29 is 8.98 Å². The van der Waals surface area contributed by atoms with Gasteiger partial charge in [0.1, 0.15) is 23.8 Å². The van der Waals surface area contributed by atoms with Crippen molar-refractivity contribution in [1.29, 1.82) is 0 Å². The molecule has 0 saturated carbocycles. The van der Waals surface area contributed by atoms with Gasteiger partial charge in [0.2, 0.25) is 0 Å². The minimum Gasteiger partial charge on any atom is -0.456 e. The van der Waals surface area contributed by atoms with Gasteiger partial charge >= 0.3 is 0 Å². The summed E-state index contributed by atoms with van der Waals surface area (Å²) >= 11 is 0. The molecule has 4 aromatic carbocycles. The van der Waals surface area contributed by atoms with Gasteiger partial charge in [-0.05, 0) is 58.9 Å². The molecule has 202 valence electrons. The molecule has 0 radical (unpaired) electrons. The van der Waals surface area contributed by atoms with Crippen molar-refractivity contribution in [2.24, 2.45) is 17.8 Å². The van der Waals surface area contributed by atoms with Crippen LogP contribution in [0.2, 0.25) is 0 Å². The van der Waals surface area contributed by atoms with Crippen LogP contribution in [0.5, 0.6) is 0 Å². The third-order valence-electron chi connectivity index (χ3n) is 9.31. The number of allylic oxidation sites excluding steroid dienone is 4. The lowest BCUT2D eigenvalue weighted by molar-refractivity contribution is -0.646. The quantitative estimate of drug-likeness (QED) is 0.206. The van der Waals surface area contributed by atoms with E-state index in [4.69, 9.17) is 4.42 Å². The van der Waals surface area contributed by atoms with Crippen molar-refractivity contribution in [1.82, 2.24) is 4.57 Å². The van der Waals surface area contributed by atoms with E-state index in [0.717, 1.165) is 17.7 Å². The van der Waals surface area contributed by atoms with Gasteiger partial charge in [-0.3, -0.25) is 0 Å². The normalized spacial score (nSPS) is 18.4. The molecule has 1 aliphatic heterocycles. The van der Waals surface area contributed by atoms with Crippen LogP contribution in [0.25, 0.3) is 49.9 Å².